The number of carboxylic acid groups (broad SMARTS) is 1. The highest BCUT2D eigenvalue weighted by atomic mass is 35.5. The molecule has 1 saturated heterocycles. The van der Waals surface area contributed by atoms with Gasteiger partial charge in [0.05, 0.1) is 34.5 Å². The molecule has 0 aliphatic carbocycles. The van der Waals surface area contributed by atoms with Crippen molar-refractivity contribution < 1.29 is 51.3 Å². The zero-order chi connectivity index (χ0) is 48.7. The molecule has 1 atom stereocenters. The maximum Gasteiger partial charge on any atom is 0.345 e. The number of aliphatic carboxylic acids is 1. The van der Waals surface area contributed by atoms with Gasteiger partial charge in [0.25, 0.3) is 10.1 Å². The number of phenols is 1. The lowest BCUT2D eigenvalue weighted by Crippen LogP contribution is -2.47. The monoisotopic (exact) mass is 998 g/mol. The molecule has 0 bridgehead atoms. The molecule has 4 aromatic carbocycles. The van der Waals surface area contributed by atoms with Crippen LogP contribution in [0.1, 0.15) is 23.2 Å². The van der Waals surface area contributed by atoms with E-state index in [9.17, 15) is 27.8 Å². The first-order valence-corrected chi connectivity index (χ1v) is 24.7. The molecule has 1 aliphatic rings. The van der Waals surface area contributed by atoms with Crippen molar-refractivity contribution in [2.24, 2.45) is 0 Å². The van der Waals surface area contributed by atoms with Crippen LogP contribution in [0.25, 0.3) is 43.2 Å². The molecule has 0 amide bonds. The number of para-hydroxylation sites is 2. The molecular weight excluding hydrogens is 951 g/mol. The zero-order valence-electron chi connectivity index (χ0n) is 37.5. The molecule has 1 fully saturated rings. The van der Waals surface area contributed by atoms with E-state index in [1.54, 1.807) is 49.7 Å². The van der Waals surface area contributed by atoms with E-state index < -0.39 is 33.8 Å². The number of carboxylic acids is 1. The maximum atomic E-state index is 14.4. The van der Waals surface area contributed by atoms with Crippen LogP contribution in [-0.4, -0.2) is 124 Å². The first-order valence-electron chi connectivity index (χ1n) is 21.9. The second-order valence-electron chi connectivity index (χ2n) is 16.2. The van der Waals surface area contributed by atoms with Gasteiger partial charge in [-0.1, -0.05) is 54.1 Å². The standard InChI is InChI=1S/C49H48ClFN6O10S2/c1-30-34(13-15-40(44(30)50)65-24-23-57-21-19-56(20-22-57)18-7-25-69(61,62)63)42-43-47(53-29-54-48(43)68-45(42)32-12-14-36(51)37(58)26-32)67-41(49(59)60)27-31-8-3-5-10-38(31)66-28-33-16-17-52-46(55-33)35-9-4-6-11-39(35)64-2/h3-6,8-17,26,29,41,58H,7,18-25,27-28H2,1-2H3,(H,59,60)(H,61,62,63)/t41-/m1/s1. The molecule has 3 N–H and O–H groups in total. The molecule has 360 valence electrons. The van der Waals surface area contributed by atoms with Gasteiger partial charge in [-0.05, 0) is 84.6 Å². The number of hydrogen-bond acceptors (Lipinski definition) is 15. The molecule has 20 heteroatoms. The van der Waals surface area contributed by atoms with Gasteiger partial charge in [0, 0.05) is 55.8 Å². The second-order valence-corrected chi connectivity index (χ2v) is 19.1. The van der Waals surface area contributed by atoms with Gasteiger partial charge >= 0.3 is 5.97 Å². The third-order valence-electron chi connectivity index (χ3n) is 11.6. The largest absolute Gasteiger partial charge is 0.505 e. The van der Waals surface area contributed by atoms with E-state index in [0.29, 0.717) is 103 Å². The fourth-order valence-corrected chi connectivity index (χ4v) is 9.92. The average Bonchev–Trinajstić information content (AvgIpc) is 3.73. The van der Waals surface area contributed by atoms with Crippen LogP contribution in [0.4, 0.5) is 4.39 Å². The minimum absolute atomic E-state index is 0.0196. The number of carbonyl (C=O) groups is 1. The molecule has 3 aromatic heterocycles. The highest BCUT2D eigenvalue weighted by molar-refractivity contribution is 7.85. The normalized spacial score (nSPS) is 13.9. The summed E-state index contributed by atoms with van der Waals surface area (Å²) >= 11 is 8.29. The van der Waals surface area contributed by atoms with E-state index in [-0.39, 0.29) is 24.7 Å². The number of aromatic hydroxyl groups is 1. The van der Waals surface area contributed by atoms with E-state index >= 15 is 0 Å². The van der Waals surface area contributed by atoms with E-state index in [4.69, 9.17) is 35.1 Å². The molecule has 16 nitrogen and oxygen atoms in total. The van der Waals surface area contributed by atoms with Gasteiger partial charge in [0.2, 0.25) is 12.0 Å². The van der Waals surface area contributed by atoms with Crippen LogP contribution in [0.15, 0.2) is 97.5 Å². The molecule has 7 aromatic rings. The van der Waals surface area contributed by atoms with Crippen LogP contribution < -0.4 is 18.9 Å². The first-order chi connectivity index (χ1) is 33.3. The number of aromatic nitrogens is 4. The van der Waals surface area contributed by atoms with Crippen molar-refractivity contribution >= 4 is 49.2 Å². The summed E-state index contributed by atoms with van der Waals surface area (Å²) in [6.45, 7) is 6.46. The van der Waals surface area contributed by atoms with Crippen LogP contribution in [0, 0.1) is 12.7 Å². The van der Waals surface area contributed by atoms with Crippen molar-refractivity contribution in [2.75, 3.05) is 58.7 Å². The Morgan fingerprint density at radius 3 is 2.38 bits per heavy atom. The van der Waals surface area contributed by atoms with Crippen LogP contribution in [-0.2, 0) is 27.9 Å². The number of hydrogen-bond donors (Lipinski definition) is 3. The topological polar surface area (TPSA) is 207 Å². The van der Waals surface area contributed by atoms with Crippen molar-refractivity contribution in [2.45, 2.75) is 32.5 Å². The maximum absolute atomic E-state index is 14.4. The number of thiophene rings is 1. The van der Waals surface area contributed by atoms with Gasteiger partial charge in [0.15, 0.2) is 17.4 Å². The summed E-state index contributed by atoms with van der Waals surface area (Å²) in [7, 11) is -2.41. The minimum atomic E-state index is -3.98. The molecule has 0 unspecified atom stereocenters. The summed E-state index contributed by atoms with van der Waals surface area (Å²) < 4.78 is 70.0. The number of benzene rings is 4. The molecule has 0 spiro atoms. The summed E-state index contributed by atoms with van der Waals surface area (Å²) in [6.07, 6.45) is 1.70. The number of methoxy groups -OCH3 is 1. The van der Waals surface area contributed by atoms with E-state index in [0.717, 1.165) is 37.8 Å². The Hall–Kier alpha value is -6.48. The molecular formula is C49H48ClFN6O10S2. The van der Waals surface area contributed by atoms with Crippen molar-refractivity contribution in [3.05, 3.63) is 125 Å². The highest BCUT2D eigenvalue weighted by Crippen LogP contribution is 2.50. The van der Waals surface area contributed by atoms with Gasteiger partial charge in [-0.25, -0.2) is 29.1 Å². The molecule has 8 rings (SSSR count). The number of fused-ring (bicyclic) bond motifs is 1. The lowest BCUT2D eigenvalue weighted by Gasteiger charge is -2.34. The van der Waals surface area contributed by atoms with Gasteiger partial charge in [0.1, 0.15) is 41.6 Å². The molecule has 69 heavy (non-hydrogen) atoms. The second kappa shape index (κ2) is 21.9. The van der Waals surface area contributed by atoms with Crippen molar-refractivity contribution in [3.63, 3.8) is 0 Å². The van der Waals surface area contributed by atoms with Gasteiger partial charge in [-0.15, -0.1) is 11.3 Å². The van der Waals surface area contributed by atoms with Crippen molar-refractivity contribution in [3.8, 4) is 61.8 Å². The van der Waals surface area contributed by atoms with Gasteiger partial charge < -0.3 is 34.1 Å². The lowest BCUT2D eigenvalue weighted by atomic mass is 9.95. The average molecular weight is 1000 g/mol. The van der Waals surface area contributed by atoms with Gasteiger partial charge in [-0.2, -0.15) is 8.42 Å². The van der Waals surface area contributed by atoms with Crippen molar-refractivity contribution in [1.82, 2.24) is 29.7 Å². The fraction of sp³-hybridized carbons (Fsp3) is 0.286. The lowest BCUT2D eigenvalue weighted by molar-refractivity contribution is -0.145. The van der Waals surface area contributed by atoms with Crippen LogP contribution in [0.2, 0.25) is 5.02 Å². The van der Waals surface area contributed by atoms with E-state index in [1.807, 2.05) is 37.3 Å². The number of rotatable bonds is 20. The molecule has 0 radical (unpaired) electrons. The smallest absolute Gasteiger partial charge is 0.345 e. The third kappa shape index (κ3) is 11.9. The number of halogens is 2. The predicted molar refractivity (Wildman–Crippen MR) is 260 cm³/mol. The SMILES string of the molecule is COc1ccccc1-c1nccc(COc2ccccc2C[C@@H](Oc2ncnc3sc(-c4ccc(F)c(O)c4)c(-c4ccc(OCCN5CCN(CCCS(=O)(=O)O)CC5)c(Cl)c4C)c23)C(=O)O)n1. The Labute approximate surface area is 406 Å². The van der Waals surface area contributed by atoms with E-state index in [2.05, 4.69) is 29.7 Å². The Kier molecular flexibility index (Phi) is 15.5. The predicted octanol–water partition coefficient (Wildman–Crippen LogP) is 8.23. The third-order valence-corrected chi connectivity index (χ3v) is 14.1. The van der Waals surface area contributed by atoms with Crippen LogP contribution >= 0.6 is 22.9 Å². The Balaban J connectivity index is 1.04. The number of nitrogens with zero attached hydrogens (tertiary/aromatic N) is 6. The summed E-state index contributed by atoms with van der Waals surface area (Å²) in [5.74, 6) is -0.946. The summed E-state index contributed by atoms with van der Waals surface area (Å²) in [5.41, 5.74) is 4.09. The van der Waals surface area contributed by atoms with Crippen molar-refractivity contribution in [1.29, 1.82) is 0 Å². The minimum Gasteiger partial charge on any atom is -0.505 e. The molecule has 4 heterocycles. The highest BCUT2D eigenvalue weighted by Gasteiger charge is 2.29. The number of piperazine rings is 1. The first kappa shape index (κ1) is 49.0. The van der Waals surface area contributed by atoms with Crippen LogP contribution in [0.3, 0.4) is 0 Å². The number of ether oxygens (including phenoxy) is 4. The fourth-order valence-electron chi connectivity index (χ4n) is 8.06. The van der Waals surface area contributed by atoms with E-state index in [1.165, 1.54) is 29.8 Å². The molecule has 1 aliphatic heterocycles. The Morgan fingerprint density at radius 2 is 1.64 bits per heavy atom. The summed E-state index contributed by atoms with van der Waals surface area (Å²) in [5, 5.41) is 21.8. The summed E-state index contributed by atoms with van der Waals surface area (Å²) in [4.78, 5) is 36.6. The Bertz CT molecular complexity index is 3080. The number of phenolic OH excluding ortho intramolecular Hbond substituents is 1. The van der Waals surface area contributed by atoms with Crippen LogP contribution in [0.5, 0.6) is 28.9 Å². The molecule has 0 saturated carbocycles. The quantitative estimate of drug-likeness (QED) is 0.0615. The zero-order valence-corrected chi connectivity index (χ0v) is 39.9. The summed E-state index contributed by atoms with van der Waals surface area (Å²) in [6, 6.07) is 23.8. The Morgan fingerprint density at radius 1 is 0.899 bits per heavy atom. The van der Waals surface area contributed by atoms with Gasteiger partial charge in [-0.3, -0.25) is 9.45 Å².